The van der Waals surface area contributed by atoms with Gasteiger partial charge in [-0.3, -0.25) is 0 Å². The lowest BCUT2D eigenvalue weighted by Crippen LogP contribution is -2.41. The Morgan fingerprint density at radius 2 is 2.11 bits per heavy atom. The minimum absolute atomic E-state index is 0.193. The van der Waals surface area contributed by atoms with Crippen molar-refractivity contribution in [1.29, 1.82) is 0 Å². The van der Waals surface area contributed by atoms with Crippen molar-refractivity contribution < 1.29 is 13.9 Å². The lowest BCUT2D eigenvalue weighted by atomic mass is 9.95. The molecule has 0 heterocycles. The Morgan fingerprint density at radius 3 is 2.74 bits per heavy atom. The van der Waals surface area contributed by atoms with Crippen LogP contribution < -0.4 is 10.6 Å². The summed E-state index contributed by atoms with van der Waals surface area (Å²) in [5.74, 6) is -0.193. The van der Waals surface area contributed by atoms with E-state index in [-0.39, 0.29) is 17.3 Å². The van der Waals surface area contributed by atoms with E-state index >= 15 is 0 Å². The van der Waals surface area contributed by atoms with Crippen LogP contribution in [0.5, 0.6) is 0 Å². The molecule has 4 nitrogen and oxygen atoms in total. The van der Waals surface area contributed by atoms with Crippen LogP contribution in [0.4, 0.5) is 9.18 Å². The molecule has 1 aromatic rings. The van der Waals surface area contributed by atoms with Crippen LogP contribution in [0.25, 0.3) is 0 Å². The average molecular weight is 266 g/mol. The highest BCUT2D eigenvalue weighted by Gasteiger charge is 2.45. The number of carbonyl (C=O) groups is 1. The lowest BCUT2D eigenvalue weighted by Gasteiger charge is -2.17. The van der Waals surface area contributed by atoms with Gasteiger partial charge in [0.2, 0.25) is 0 Å². The van der Waals surface area contributed by atoms with Crippen molar-refractivity contribution in [3.8, 4) is 0 Å². The van der Waals surface area contributed by atoms with Crippen LogP contribution in [0.3, 0.4) is 0 Å². The Morgan fingerprint density at radius 1 is 1.37 bits per heavy atom. The summed E-state index contributed by atoms with van der Waals surface area (Å²) < 4.78 is 18.6. The highest BCUT2D eigenvalue weighted by molar-refractivity contribution is 5.74. The molecule has 2 amide bonds. The maximum Gasteiger partial charge on any atom is 0.314 e. The second-order valence-electron chi connectivity index (χ2n) is 4.86. The number of urea groups is 1. The first-order valence-electron chi connectivity index (χ1n) is 6.44. The fourth-order valence-electron chi connectivity index (χ4n) is 2.16. The molecule has 0 radical (unpaired) electrons. The summed E-state index contributed by atoms with van der Waals surface area (Å²) >= 11 is 0. The lowest BCUT2D eigenvalue weighted by molar-refractivity contribution is 0.195. The molecule has 1 aliphatic carbocycles. The fraction of sp³-hybridized carbons (Fsp3) is 0.500. The molecule has 0 bridgehead atoms. The maximum absolute atomic E-state index is 13.8. The van der Waals surface area contributed by atoms with E-state index < -0.39 is 0 Å². The zero-order valence-electron chi connectivity index (χ0n) is 11.0. The quantitative estimate of drug-likeness (QED) is 0.771. The van der Waals surface area contributed by atoms with Crippen LogP contribution in [-0.4, -0.2) is 32.8 Å². The number of methoxy groups -OCH3 is 1. The zero-order valence-corrected chi connectivity index (χ0v) is 11.0. The summed E-state index contributed by atoms with van der Waals surface area (Å²) in [6.07, 6.45) is 1.82. The first-order valence-corrected chi connectivity index (χ1v) is 6.44. The summed E-state index contributed by atoms with van der Waals surface area (Å²) in [7, 11) is 1.58. The molecular weight excluding hydrogens is 247 g/mol. The van der Waals surface area contributed by atoms with E-state index in [0.29, 0.717) is 25.3 Å². The number of halogens is 1. The molecule has 0 spiro atoms. The zero-order chi connectivity index (χ0) is 13.7. The van der Waals surface area contributed by atoms with Crippen LogP contribution in [-0.2, 0) is 10.2 Å². The van der Waals surface area contributed by atoms with Crippen molar-refractivity contribution in [2.75, 3.05) is 26.8 Å². The molecule has 0 aromatic heterocycles. The summed E-state index contributed by atoms with van der Waals surface area (Å²) in [6, 6.07) is 6.54. The molecule has 1 aliphatic rings. The standard InChI is InChI=1S/C14H19FN2O2/c1-19-9-8-16-13(18)17-10-14(6-7-14)11-4-2-3-5-12(11)15/h2-5H,6-10H2,1H3,(H2,16,17,18). The van der Waals surface area contributed by atoms with Crippen LogP contribution in [0.2, 0.25) is 0 Å². The maximum atomic E-state index is 13.8. The monoisotopic (exact) mass is 266 g/mol. The van der Waals surface area contributed by atoms with E-state index in [9.17, 15) is 9.18 Å². The highest BCUT2D eigenvalue weighted by atomic mass is 19.1. The van der Waals surface area contributed by atoms with Crippen LogP contribution in [0, 0.1) is 5.82 Å². The van der Waals surface area contributed by atoms with Crippen molar-refractivity contribution >= 4 is 6.03 Å². The van der Waals surface area contributed by atoms with E-state index in [0.717, 1.165) is 12.8 Å². The minimum atomic E-state index is -0.236. The molecule has 1 fully saturated rings. The summed E-state index contributed by atoms with van der Waals surface area (Å²) in [4.78, 5) is 11.5. The van der Waals surface area contributed by atoms with Crippen molar-refractivity contribution in [3.05, 3.63) is 35.6 Å². The van der Waals surface area contributed by atoms with Gasteiger partial charge < -0.3 is 15.4 Å². The summed E-state index contributed by atoms with van der Waals surface area (Å²) in [6.45, 7) is 1.41. The topological polar surface area (TPSA) is 50.4 Å². The van der Waals surface area contributed by atoms with E-state index in [2.05, 4.69) is 10.6 Å². The van der Waals surface area contributed by atoms with Gasteiger partial charge in [0.1, 0.15) is 5.82 Å². The molecule has 5 heteroatoms. The SMILES string of the molecule is COCCNC(=O)NCC1(c2ccccc2F)CC1. The van der Waals surface area contributed by atoms with Gasteiger partial charge in [0, 0.05) is 25.6 Å². The van der Waals surface area contributed by atoms with Gasteiger partial charge in [0.05, 0.1) is 6.61 Å². The number of rotatable bonds is 6. The molecule has 0 atom stereocenters. The number of hydrogen-bond acceptors (Lipinski definition) is 2. The average Bonchev–Trinajstić information content (AvgIpc) is 3.18. The van der Waals surface area contributed by atoms with Crippen LogP contribution in [0.1, 0.15) is 18.4 Å². The summed E-state index contributed by atoms with van der Waals surface area (Å²) in [5.41, 5.74) is 0.483. The van der Waals surface area contributed by atoms with Gasteiger partial charge >= 0.3 is 6.03 Å². The number of hydrogen-bond donors (Lipinski definition) is 2. The third kappa shape index (κ3) is 3.44. The highest BCUT2D eigenvalue weighted by Crippen LogP contribution is 2.48. The predicted octanol–water partition coefficient (Wildman–Crippen LogP) is 1.80. The van der Waals surface area contributed by atoms with E-state index in [4.69, 9.17) is 4.74 Å². The number of ether oxygens (including phenoxy) is 1. The Bertz CT molecular complexity index is 447. The van der Waals surface area contributed by atoms with Gasteiger partial charge in [0.15, 0.2) is 0 Å². The van der Waals surface area contributed by atoms with Gasteiger partial charge in [0.25, 0.3) is 0 Å². The number of nitrogens with one attached hydrogen (secondary N) is 2. The predicted molar refractivity (Wildman–Crippen MR) is 70.6 cm³/mol. The van der Waals surface area contributed by atoms with Crippen LogP contribution in [0.15, 0.2) is 24.3 Å². The number of carbonyl (C=O) groups excluding carboxylic acids is 1. The molecule has 1 saturated carbocycles. The van der Waals surface area contributed by atoms with E-state index in [1.807, 2.05) is 6.07 Å². The third-order valence-corrected chi connectivity index (χ3v) is 3.48. The van der Waals surface area contributed by atoms with Gasteiger partial charge in [-0.2, -0.15) is 0 Å². The Balaban J connectivity index is 1.86. The fourth-order valence-corrected chi connectivity index (χ4v) is 2.16. The third-order valence-electron chi connectivity index (χ3n) is 3.48. The first-order chi connectivity index (χ1) is 9.18. The molecule has 0 saturated heterocycles. The van der Waals surface area contributed by atoms with Crippen molar-refractivity contribution in [1.82, 2.24) is 10.6 Å². The second kappa shape index (κ2) is 6.02. The summed E-state index contributed by atoms with van der Waals surface area (Å²) in [5, 5.41) is 5.48. The smallest absolute Gasteiger partial charge is 0.314 e. The van der Waals surface area contributed by atoms with Gasteiger partial charge in [-0.25, -0.2) is 9.18 Å². The molecule has 104 valence electrons. The minimum Gasteiger partial charge on any atom is -0.383 e. The molecule has 1 aromatic carbocycles. The van der Waals surface area contributed by atoms with E-state index in [1.165, 1.54) is 6.07 Å². The van der Waals surface area contributed by atoms with Crippen molar-refractivity contribution in [2.45, 2.75) is 18.3 Å². The Labute approximate surface area is 112 Å². The van der Waals surface area contributed by atoms with Gasteiger partial charge in [-0.15, -0.1) is 0 Å². The van der Waals surface area contributed by atoms with Gasteiger partial charge in [-0.05, 0) is 24.5 Å². The normalized spacial score (nSPS) is 15.9. The number of benzene rings is 1. The van der Waals surface area contributed by atoms with Crippen molar-refractivity contribution in [3.63, 3.8) is 0 Å². The Hall–Kier alpha value is -1.62. The molecule has 0 unspecified atom stereocenters. The second-order valence-corrected chi connectivity index (χ2v) is 4.86. The first kappa shape index (κ1) is 13.8. The van der Waals surface area contributed by atoms with E-state index in [1.54, 1.807) is 19.2 Å². The molecule has 2 N–H and O–H groups in total. The Kier molecular flexibility index (Phi) is 4.37. The van der Waals surface area contributed by atoms with Crippen LogP contribution >= 0.6 is 0 Å². The molecule has 2 rings (SSSR count). The molecule has 19 heavy (non-hydrogen) atoms. The molecule has 0 aliphatic heterocycles. The number of amides is 2. The van der Waals surface area contributed by atoms with Gasteiger partial charge in [-0.1, -0.05) is 18.2 Å². The van der Waals surface area contributed by atoms with Crippen molar-refractivity contribution in [2.24, 2.45) is 0 Å². The largest absolute Gasteiger partial charge is 0.383 e. The molecular formula is C14H19FN2O2.